The van der Waals surface area contributed by atoms with Gasteiger partial charge in [-0.1, -0.05) is 31.6 Å². The first-order valence-corrected chi connectivity index (χ1v) is 15.2. The van der Waals surface area contributed by atoms with Gasteiger partial charge in [0.2, 0.25) is 10.0 Å². The van der Waals surface area contributed by atoms with E-state index in [1.165, 1.54) is 51.5 Å². The smallest absolute Gasteiger partial charge is 0.310 e. The maximum Gasteiger partial charge on any atom is 0.310 e. The van der Waals surface area contributed by atoms with Gasteiger partial charge in [-0.15, -0.1) is 0 Å². The molecule has 0 aliphatic carbocycles. The third-order valence-corrected chi connectivity index (χ3v) is 9.04. The number of hydrogen-bond donors (Lipinski definition) is 1. The van der Waals surface area contributed by atoms with Crippen LogP contribution in [0.4, 0.5) is 30.8 Å². The summed E-state index contributed by atoms with van der Waals surface area (Å²) in [6.45, 7) is 0.0399. The Kier molecular flexibility index (Phi) is 7.21. The van der Waals surface area contributed by atoms with Gasteiger partial charge in [-0.25, -0.2) is 13.1 Å². The average Bonchev–Trinajstić information content (AvgIpc) is 2.90. The van der Waals surface area contributed by atoms with Crippen LogP contribution in [-0.4, -0.2) is 36.7 Å². The van der Waals surface area contributed by atoms with Gasteiger partial charge < -0.3 is 10.1 Å². The molecule has 0 aliphatic rings. The lowest BCUT2D eigenvalue weighted by Gasteiger charge is -2.40. The number of sulfonamides is 1. The van der Waals surface area contributed by atoms with Gasteiger partial charge in [0.1, 0.15) is 10.6 Å². The Bertz CT molecular complexity index is 1760. The molecule has 1 N–H and O–H groups in total. The summed E-state index contributed by atoms with van der Waals surface area (Å²) in [4.78, 5) is 9.73. The average molecular weight is 617 g/mol. The number of nitrogens with one attached hydrogen (secondary N) is 1. The number of methoxy groups -OCH3 is 1. The Balaban J connectivity index is 1.72. The highest BCUT2D eigenvalue weighted by molar-refractivity contribution is 8.45. The predicted molar refractivity (Wildman–Crippen MR) is 148 cm³/mol. The maximum atomic E-state index is 13.5. The minimum Gasteiger partial charge on any atom is -0.497 e. The van der Waals surface area contributed by atoms with Crippen LogP contribution in [0.2, 0.25) is 0 Å². The quantitative estimate of drug-likeness (QED) is 0.211. The van der Waals surface area contributed by atoms with Gasteiger partial charge in [0.15, 0.2) is 0 Å². The van der Waals surface area contributed by atoms with E-state index in [0.717, 1.165) is 21.1 Å². The van der Waals surface area contributed by atoms with Crippen LogP contribution in [0.15, 0.2) is 93.4 Å². The third-order valence-electron chi connectivity index (χ3n) is 6.08. The second-order valence-electron chi connectivity index (χ2n) is 9.12. The van der Waals surface area contributed by atoms with E-state index in [9.17, 15) is 32.6 Å². The van der Waals surface area contributed by atoms with E-state index in [1.807, 2.05) is 0 Å². The van der Waals surface area contributed by atoms with Crippen molar-refractivity contribution in [1.29, 1.82) is 0 Å². The van der Waals surface area contributed by atoms with Crippen molar-refractivity contribution in [2.45, 2.75) is 16.3 Å². The number of anilines is 2. The molecular formula is C26H25F5N4O4S2. The Morgan fingerprint density at radius 2 is 1.56 bits per heavy atom. The molecule has 4 aromatic rings. The molecule has 0 fully saturated rings. The molecule has 0 unspecified atom stereocenters. The van der Waals surface area contributed by atoms with Crippen LogP contribution in [0, 0.1) is 0 Å². The highest BCUT2D eigenvalue weighted by Gasteiger charge is 2.65. The number of rotatable bonds is 9. The van der Waals surface area contributed by atoms with E-state index < -0.39 is 30.7 Å². The summed E-state index contributed by atoms with van der Waals surface area (Å²) in [5, 5.41) is 6.98. The minimum atomic E-state index is -9.86. The molecule has 8 nitrogen and oxygen atoms in total. The third kappa shape index (κ3) is 6.86. The molecule has 4 rings (SSSR count). The van der Waals surface area contributed by atoms with Crippen LogP contribution < -0.4 is 15.6 Å². The lowest BCUT2D eigenvalue weighted by molar-refractivity contribution is 0.364. The summed E-state index contributed by atoms with van der Waals surface area (Å²) >= 11 is 0. The van der Waals surface area contributed by atoms with Crippen LogP contribution in [0.1, 0.15) is 5.56 Å². The summed E-state index contributed by atoms with van der Waals surface area (Å²) in [7, 11) is -9.61. The number of aromatic nitrogens is 2. The predicted octanol–water partition coefficient (Wildman–Crippen LogP) is 6.68. The number of hydrogen-bond acceptors (Lipinski definition) is 6. The topological polar surface area (TPSA) is 93.5 Å². The van der Waals surface area contributed by atoms with E-state index in [1.54, 1.807) is 24.3 Å². The molecule has 0 saturated heterocycles. The fourth-order valence-electron chi connectivity index (χ4n) is 3.85. The van der Waals surface area contributed by atoms with Crippen LogP contribution in [0.3, 0.4) is 0 Å². The van der Waals surface area contributed by atoms with Crippen LogP contribution in [-0.2, 0) is 23.6 Å². The molecule has 220 valence electrons. The lowest BCUT2D eigenvalue weighted by Crippen LogP contribution is -2.26. The Morgan fingerprint density at radius 3 is 2.12 bits per heavy atom. The van der Waals surface area contributed by atoms with E-state index >= 15 is 0 Å². The number of nitrogens with zero attached hydrogens (tertiary/aromatic N) is 3. The molecule has 1 heterocycles. The van der Waals surface area contributed by atoms with Crippen molar-refractivity contribution in [3.8, 4) is 17.0 Å². The van der Waals surface area contributed by atoms with Crippen molar-refractivity contribution in [3.63, 3.8) is 0 Å². The Labute approximate surface area is 232 Å². The highest BCUT2D eigenvalue weighted by atomic mass is 32.5. The zero-order valence-corrected chi connectivity index (χ0v) is 23.5. The molecule has 15 heteroatoms. The van der Waals surface area contributed by atoms with Crippen LogP contribution in [0.5, 0.6) is 5.75 Å². The standard InChI is InChI=1S/C26H25F5N4O4S2/c1-34(17-18-4-8-20(39-3)9-5-18)40(37,38)21-10-13-24(23(16-21)25-14-15-26(36)35(2)33-25)32-19-6-11-22(12-7-19)41(27,28,29,30)31/h4-16,32H,17H2,1-3H3. The monoisotopic (exact) mass is 616 g/mol. The number of aryl methyl sites for hydroxylation is 1. The fraction of sp³-hybridized carbons (Fsp3) is 0.154. The zero-order valence-electron chi connectivity index (χ0n) is 21.9. The molecule has 0 bridgehead atoms. The zero-order chi connectivity index (χ0) is 30.3. The van der Waals surface area contributed by atoms with E-state index in [2.05, 4.69) is 10.4 Å². The van der Waals surface area contributed by atoms with Crippen LogP contribution >= 0.6 is 10.2 Å². The van der Waals surface area contributed by atoms with Gasteiger partial charge in [0.25, 0.3) is 5.56 Å². The van der Waals surface area contributed by atoms with Crippen molar-refractivity contribution >= 4 is 31.6 Å². The first-order chi connectivity index (χ1) is 18.9. The first kappa shape index (κ1) is 30.0. The number of halogens is 5. The van der Waals surface area contributed by atoms with Crippen LogP contribution in [0.25, 0.3) is 11.3 Å². The largest absolute Gasteiger partial charge is 0.497 e. The summed E-state index contributed by atoms with van der Waals surface area (Å²) in [6.07, 6.45) is 0. The van der Waals surface area contributed by atoms with Crippen molar-refractivity contribution in [1.82, 2.24) is 14.1 Å². The highest BCUT2D eigenvalue weighted by Crippen LogP contribution is 3.02. The number of ether oxygens (including phenoxy) is 1. The summed E-state index contributed by atoms with van der Waals surface area (Å²) in [6, 6.07) is 15.6. The molecule has 0 amide bonds. The molecule has 1 aromatic heterocycles. The van der Waals surface area contributed by atoms with Gasteiger partial charge >= 0.3 is 10.2 Å². The normalized spacial score (nSPS) is 13.9. The second-order valence-corrected chi connectivity index (χ2v) is 13.6. The minimum absolute atomic E-state index is 0.0221. The van der Waals surface area contributed by atoms with Crippen molar-refractivity contribution in [2.75, 3.05) is 19.5 Å². The molecule has 3 aromatic carbocycles. The molecule has 41 heavy (non-hydrogen) atoms. The number of benzene rings is 3. The van der Waals surface area contributed by atoms with Gasteiger partial charge in [-0.3, -0.25) is 4.79 Å². The van der Waals surface area contributed by atoms with E-state index in [-0.39, 0.29) is 46.2 Å². The van der Waals surface area contributed by atoms with Gasteiger partial charge in [-0.05, 0) is 66.2 Å². The van der Waals surface area contributed by atoms with Crippen molar-refractivity contribution in [2.24, 2.45) is 7.05 Å². The molecule has 0 aliphatic heterocycles. The van der Waals surface area contributed by atoms with E-state index in [4.69, 9.17) is 4.74 Å². The summed E-state index contributed by atoms with van der Waals surface area (Å²) < 4.78 is 99.9. The molecular weight excluding hydrogens is 591 g/mol. The van der Waals surface area contributed by atoms with Gasteiger partial charge in [0.05, 0.1) is 17.7 Å². The first-order valence-electron chi connectivity index (χ1n) is 11.8. The Hall–Kier alpha value is -3.95. The van der Waals surface area contributed by atoms with E-state index in [0.29, 0.717) is 11.3 Å². The Morgan fingerprint density at radius 1 is 0.927 bits per heavy atom. The lowest BCUT2D eigenvalue weighted by atomic mass is 10.1. The van der Waals surface area contributed by atoms with Gasteiger partial charge in [0, 0.05) is 43.6 Å². The molecule has 0 radical (unpaired) electrons. The SMILES string of the molecule is COc1ccc(CN(C)S(=O)(=O)c2ccc(Nc3ccc(S(F)(F)(F)(F)F)cc3)c(-c3ccc(=O)n(C)n3)c2)cc1. The fourth-order valence-corrected chi connectivity index (χ4v) is 5.69. The van der Waals surface area contributed by atoms with Crippen molar-refractivity contribution in [3.05, 3.63) is 94.8 Å². The maximum absolute atomic E-state index is 13.5. The van der Waals surface area contributed by atoms with Crippen molar-refractivity contribution < 1.29 is 32.6 Å². The molecule has 0 saturated carbocycles. The molecule has 0 atom stereocenters. The van der Waals surface area contributed by atoms with Gasteiger partial charge in [-0.2, -0.15) is 9.40 Å². The molecule has 0 spiro atoms. The second kappa shape index (κ2) is 9.85. The summed E-state index contributed by atoms with van der Waals surface area (Å²) in [5.74, 6) is 0.611. The summed E-state index contributed by atoms with van der Waals surface area (Å²) in [5.41, 5.74) is 0.856.